The van der Waals surface area contributed by atoms with Crippen LogP contribution in [-0.4, -0.2) is 24.4 Å². The van der Waals surface area contributed by atoms with Gasteiger partial charge in [-0.05, 0) is 20.8 Å². The van der Waals surface area contributed by atoms with E-state index in [4.69, 9.17) is 0 Å². The van der Waals surface area contributed by atoms with Crippen molar-refractivity contribution in [3.63, 3.8) is 0 Å². The number of hydrogen-bond acceptors (Lipinski definition) is 4. The fourth-order valence-electron chi connectivity index (χ4n) is 2.35. The first-order valence-electron chi connectivity index (χ1n) is 6.59. The first kappa shape index (κ1) is 12.7. The van der Waals surface area contributed by atoms with E-state index in [1.165, 1.54) is 0 Å². The van der Waals surface area contributed by atoms with Gasteiger partial charge < -0.3 is 5.32 Å². The molecular weight excluding hydrogens is 252 g/mol. The molecule has 0 saturated carbocycles. The smallest absolute Gasteiger partial charge is 0.155 e. The molecule has 0 aliphatic heterocycles. The Balaban J connectivity index is 1.82. The summed E-state index contributed by atoms with van der Waals surface area (Å²) in [7, 11) is 1.95. The number of rotatable bonds is 3. The summed E-state index contributed by atoms with van der Waals surface area (Å²) in [6, 6.07) is 1.96. The number of nitrogens with one attached hydrogen (secondary N) is 1. The third-order valence-electron chi connectivity index (χ3n) is 3.47. The van der Waals surface area contributed by atoms with Gasteiger partial charge in [0.2, 0.25) is 0 Å². The van der Waals surface area contributed by atoms with Crippen molar-refractivity contribution in [3.05, 3.63) is 41.1 Å². The molecule has 0 aliphatic carbocycles. The van der Waals surface area contributed by atoms with Gasteiger partial charge in [0.1, 0.15) is 0 Å². The van der Waals surface area contributed by atoms with Gasteiger partial charge >= 0.3 is 0 Å². The Labute approximate surface area is 117 Å². The average Bonchev–Trinajstić information content (AvgIpc) is 2.87. The Morgan fingerprint density at radius 3 is 2.70 bits per heavy atom. The third kappa shape index (κ3) is 2.13. The van der Waals surface area contributed by atoms with Crippen molar-refractivity contribution >= 4 is 11.3 Å². The molecule has 3 rings (SSSR count). The fraction of sp³-hybridized carbons (Fsp3) is 0.357. The minimum atomic E-state index is 0.704. The van der Waals surface area contributed by atoms with E-state index >= 15 is 0 Å². The highest BCUT2D eigenvalue weighted by molar-refractivity contribution is 5.52. The second-order valence-electron chi connectivity index (χ2n) is 5.07. The van der Waals surface area contributed by atoms with E-state index in [1.54, 1.807) is 0 Å². The van der Waals surface area contributed by atoms with Crippen LogP contribution in [0.15, 0.2) is 18.5 Å². The molecule has 0 aliphatic rings. The predicted molar refractivity (Wildman–Crippen MR) is 77.7 cm³/mol. The molecule has 20 heavy (non-hydrogen) atoms. The summed E-state index contributed by atoms with van der Waals surface area (Å²) >= 11 is 0. The van der Waals surface area contributed by atoms with Gasteiger partial charge in [0, 0.05) is 37.6 Å². The van der Waals surface area contributed by atoms with Gasteiger partial charge in [-0.2, -0.15) is 10.2 Å². The maximum atomic E-state index is 4.40. The minimum absolute atomic E-state index is 0.704. The number of anilines is 1. The van der Waals surface area contributed by atoms with Crippen LogP contribution in [0.3, 0.4) is 0 Å². The first-order valence-corrected chi connectivity index (χ1v) is 6.59. The topological polar surface area (TPSA) is 60.0 Å². The Bertz CT molecular complexity index is 767. The highest BCUT2D eigenvalue weighted by Gasteiger charge is 2.09. The van der Waals surface area contributed by atoms with Gasteiger partial charge in [-0.1, -0.05) is 0 Å². The quantitative estimate of drug-likeness (QED) is 0.791. The van der Waals surface area contributed by atoms with Gasteiger partial charge in [-0.25, -0.2) is 9.50 Å². The lowest BCUT2D eigenvalue weighted by Gasteiger charge is -2.07. The number of aryl methyl sites for hydroxylation is 3. The summed E-state index contributed by atoms with van der Waals surface area (Å²) < 4.78 is 3.70. The number of aromatic nitrogens is 5. The van der Waals surface area contributed by atoms with Gasteiger partial charge in [-0.3, -0.25) is 4.68 Å². The van der Waals surface area contributed by atoms with Crippen LogP contribution in [-0.2, 0) is 13.6 Å². The van der Waals surface area contributed by atoms with E-state index in [2.05, 4.69) is 27.4 Å². The van der Waals surface area contributed by atoms with Crippen LogP contribution in [0.25, 0.3) is 5.65 Å². The van der Waals surface area contributed by atoms with Crippen LogP contribution in [0, 0.1) is 20.8 Å². The lowest BCUT2D eigenvalue weighted by atomic mass is 10.3. The lowest BCUT2D eigenvalue weighted by Crippen LogP contribution is -2.04. The molecule has 0 amide bonds. The first-order chi connectivity index (χ1) is 9.54. The predicted octanol–water partition coefficient (Wildman–Crippen LogP) is 2.00. The molecule has 0 aromatic carbocycles. The van der Waals surface area contributed by atoms with E-state index in [0.717, 1.165) is 34.0 Å². The van der Waals surface area contributed by atoms with E-state index in [1.807, 2.05) is 48.6 Å². The van der Waals surface area contributed by atoms with Crippen molar-refractivity contribution in [2.75, 3.05) is 5.32 Å². The maximum absolute atomic E-state index is 4.40. The highest BCUT2D eigenvalue weighted by atomic mass is 15.3. The Kier molecular flexibility index (Phi) is 2.93. The zero-order chi connectivity index (χ0) is 14.3. The van der Waals surface area contributed by atoms with Crippen molar-refractivity contribution in [3.8, 4) is 0 Å². The molecule has 0 radical (unpaired) electrons. The Morgan fingerprint density at radius 1 is 1.20 bits per heavy atom. The van der Waals surface area contributed by atoms with Crippen LogP contribution >= 0.6 is 0 Å². The van der Waals surface area contributed by atoms with Crippen molar-refractivity contribution in [2.45, 2.75) is 27.3 Å². The van der Waals surface area contributed by atoms with Crippen LogP contribution in [0.2, 0.25) is 0 Å². The summed E-state index contributed by atoms with van der Waals surface area (Å²) in [6.07, 6.45) is 3.88. The molecule has 0 spiro atoms. The molecule has 0 fully saturated rings. The van der Waals surface area contributed by atoms with E-state index in [-0.39, 0.29) is 0 Å². The van der Waals surface area contributed by atoms with Crippen LogP contribution in [0.5, 0.6) is 0 Å². The molecule has 0 saturated heterocycles. The van der Waals surface area contributed by atoms with Crippen LogP contribution in [0.1, 0.15) is 22.6 Å². The summed E-state index contributed by atoms with van der Waals surface area (Å²) in [4.78, 5) is 4.40. The Morgan fingerprint density at radius 2 is 2.00 bits per heavy atom. The molecule has 0 atom stereocenters. The highest BCUT2D eigenvalue weighted by Crippen LogP contribution is 2.19. The van der Waals surface area contributed by atoms with Crippen LogP contribution < -0.4 is 5.32 Å². The van der Waals surface area contributed by atoms with Crippen LogP contribution in [0.4, 0.5) is 5.69 Å². The summed E-state index contributed by atoms with van der Waals surface area (Å²) in [6.45, 7) is 6.73. The van der Waals surface area contributed by atoms with Gasteiger partial charge in [0.25, 0.3) is 0 Å². The molecule has 3 aromatic rings. The third-order valence-corrected chi connectivity index (χ3v) is 3.47. The molecule has 0 bridgehead atoms. The number of nitrogens with zero attached hydrogens (tertiary/aromatic N) is 5. The second-order valence-corrected chi connectivity index (χ2v) is 5.07. The van der Waals surface area contributed by atoms with Gasteiger partial charge in [0.15, 0.2) is 5.65 Å². The van der Waals surface area contributed by atoms with E-state index < -0.39 is 0 Å². The number of fused-ring (bicyclic) bond motifs is 1. The second kappa shape index (κ2) is 4.63. The van der Waals surface area contributed by atoms with Gasteiger partial charge in [0.05, 0.1) is 22.8 Å². The molecule has 1 N–H and O–H groups in total. The van der Waals surface area contributed by atoms with Crippen molar-refractivity contribution < 1.29 is 0 Å². The summed E-state index contributed by atoms with van der Waals surface area (Å²) in [5, 5.41) is 12.2. The van der Waals surface area contributed by atoms with Gasteiger partial charge in [-0.15, -0.1) is 0 Å². The summed E-state index contributed by atoms with van der Waals surface area (Å²) in [5.74, 6) is 0. The summed E-state index contributed by atoms with van der Waals surface area (Å²) in [5.41, 5.74) is 6.16. The number of hydrogen-bond donors (Lipinski definition) is 1. The standard InChI is InChI=1S/C14H18N6/c1-9-5-13-15-6-12(8-20(13)17-9)7-16-14-10(2)18-19(4)11(14)3/h5-6,8,16H,7H2,1-4H3. The van der Waals surface area contributed by atoms with Crippen molar-refractivity contribution in [1.29, 1.82) is 0 Å². The molecule has 0 unspecified atom stereocenters. The van der Waals surface area contributed by atoms with E-state index in [0.29, 0.717) is 6.54 Å². The van der Waals surface area contributed by atoms with Crippen molar-refractivity contribution in [2.24, 2.45) is 7.05 Å². The molecule has 3 aromatic heterocycles. The monoisotopic (exact) mass is 270 g/mol. The maximum Gasteiger partial charge on any atom is 0.155 e. The zero-order valence-corrected chi connectivity index (χ0v) is 12.2. The zero-order valence-electron chi connectivity index (χ0n) is 12.2. The molecular formula is C14H18N6. The van der Waals surface area contributed by atoms with E-state index in [9.17, 15) is 0 Å². The average molecular weight is 270 g/mol. The SMILES string of the molecule is Cc1cc2ncc(CNc3c(C)nn(C)c3C)cn2n1. The Hall–Kier alpha value is -2.37. The fourth-order valence-corrected chi connectivity index (χ4v) is 2.35. The minimum Gasteiger partial charge on any atom is -0.378 e. The molecule has 6 heteroatoms. The molecule has 104 valence electrons. The molecule has 6 nitrogen and oxygen atoms in total. The normalized spacial score (nSPS) is 11.2. The molecule has 3 heterocycles. The van der Waals surface area contributed by atoms with Crippen molar-refractivity contribution in [1.82, 2.24) is 24.4 Å². The lowest BCUT2D eigenvalue weighted by molar-refractivity contribution is 0.731. The largest absolute Gasteiger partial charge is 0.378 e.